The van der Waals surface area contributed by atoms with Gasteiger partial charge in [0.05, 0.1) is 6.54 Å². The summed E-state index contributed by atoms with van der Waals surface area (Å²) in [5, 5.41) is 14.2. The summed E-state index contributed by atoms with van der Waals surface area (Å²) in [5.74, 6) is -1.19. The number of amides is 1. The third-order valence-electron chi connectivity index (χ3n) is 3.50. The Hall–Kier alpha value is -2.17. The molecule has 106 valence electrons. The number of aliphatic carboxylic acids is 1. The van der Waals surface area contributed by atoms with Crippen molar-refractivity contribution < 1.29 is 14.7 Å². The quantitative estimate of drug-likeness (QED) is 0.918. The van der Waals surface area contributed by atoms with Gasteiger partial charge in [-0.2, -0.15) is 5.10 Å². The molecule has 5 nitrogen and oxygen atoms in total. The Kier molecular flexibility index (Phi) is 3.88. The number of carbonyl (C=O) groups excluding carboxylic acids is 1. The molecule has 5 heteroatoms. The van der Waals surface area contributed by atoms with Gasteiger partial charge in [-0.05, 0) is 37.5 Å². The number of nitrogens with zero attached hydrogens (tertiary/aromatic N) is 2. The first-order valence-corrected chi connectivity index (χ1v) is 6.56. The number of hydrogen-bond acceptors (Lipinski definition) is 3. The molecule has 1 aliphatic rings. The number of carboxylic acid groups (broad SMARTS) is 1. The Morgan fingerprint density at radius 2 is 1.85 bits per heavy atom. The smallest absolute Gasteiger partial charge is 0.352 e. The highest BCUT2D eigenvalue weighted by Gasteiger charge is 2.24. The molecule has 1 amide bonds. The van der Waals surface area contributed by atoms with E-state index in [1.807, 2.05) is 20.8 Å². The van der Waals surface area contributed by atoms with Gasteiger partial charge in [0.25, 0.3) is 0 Å². The number of carboxylic acids is 1. The van der Waals surface area contributed by atoms with Crippen LogP contribution < -0.4 is 0 Å². The fourth-order valence-electron chi connectivity index (χ4n) is 2.49. The van der Waals surface area contributed by atoms with Gasteiger partial charge in [-0.15, -0.1) is 0 Å². The van der Waals surface area contributed by atoms with Crippen LogP contribution >= 0.6 is 0 Å². The molecule has 0 aromatic heterocycles. The van der Waals surface area contributed by atoms with Crippen LogP contribution in [0.15, 0.2) is 17.2 Å². The zero-order valence-electron chi connectivity index (χ0n) is 11.9. The predicted molar refractivity (Wildman–Crippen MR) is 75.5 cm³/mol. The van der Waals surface area contributed by atoms with E-state index >= 15 is 0 Å². The Labute approximate surface area is 117 Å². The van der Waals surface area contributed by atoms with Crippen LogP contribution in [0.3, 0.4) is 0 Å². The van der Waals surface area contributed by atoms with E-state index in [0.29, 0.717) is 6.54 Å². The van der Waals surface area contributed by atoms with Gasteiger partial charge in [-0.3, -0.25) is 4.79 Å². The molecule has 0 atom stereocenters. The largest absolute Gasteiger partial charge is 0.477 e. The fraction of sp³-hybridized carbons (Fsp3) is 0.400. The second kappa shape index (κ2) is 5.45. The number of hydrazone groups is 1. The standard InChI is InChI=1S/C15H18N2O3/c1-9-6-10(2)12(11(3)7-9)8-17-14(18)5-4-13(16-17)15(19)20/h6-7H,4-5,8H2,1-3H3,(H,19,20). The molecule has 0 fully saturated rings. The molecule has 0 unspecified atom stereocenters. The molecule has 1 N–H and O–H groups in total. The highest BCUT2D eigenvalue weighted by Crippen LogP contribution is 2.21. The second-order valence-electron chi connectivity index (χ2n) is 5.18. The van der Waals surface area contributed by atoms with Crippen molar-refractivity contribution >= 4 is 17.6 Å². The normalized spacial score (nSPS) is 15.2. The van der Waals surface area contributed by atoms with Crippen molar-refractivity contribution in [3.63, 3.8) is 0 Å². The van der Waals surface area contributed by atoms with Crippen LogP contribution in [0.4, 0.5) is 0 Å². The van der Waals surface area contributed by atoms with Crippen molar-refractivity contribution in [2.24, 2.45) is 5.10 Å². The van der Waals surface area contributed by atoms with Crippen molar-refractivity contribution in [1.82, 2.24) is 5.01 Å². The molecular formula is C15H18N2O3. The third-order valence-corrected chi connectivity index (χ3v) is 3.50. The molecule has 2 rings (SSSR count). The molecule has 1 aliphatic heterocycles. The summed E-state index contributed by atoms with van der Waals surface area (Å²) in [6, 6.07) is 4.11. The Morgan fingerprint density at radius 3 is 2.40 bits per heavy atom. The van der Waals surface area contributed by atoms with Crippen LogP contribution in [-0.4, -0.2) is 27.7 Å². The first kappa shape index (κ1) is 14.2. The molecular weight excluding hydrogens is 256 g/mol. The first-order chi connectivity index (χ1) is 9.38. The van der Waals surface area contributed by atoms with Gasteiger partial charge in [-0.25, -0.2) is 9.80 Å². The topological polar surface area (TPSA) is 70.0 Å². The summed E-state index contributed by atoms with van der Waals surface area (Å²) in [7, 11) is 0. The Bertz CT molecular complexity index is 582. The highest BCUT2D eigenvalue weighted by atomic mass is 16.4. The molecule has 0 aliphatic carbocycles. The van der Waals surface area contributed by atoms with Gasteiger partial charge in [0, 0.05) is 12.8 Å². The van der Waals surface area contributed by atoms with Crippen LogP contribution in [0.25, 0.3) is 0 Å². The first-order valence-electron chi connectivity index (χ1n) is 6.56. The minimum atomic E-state index is -1.06. The van der Waals surface area contributed by atoms with E-state index in [9.17, 15) is 9.59 Å². The average molecular weight is 274 g/mol. The van der Waals surface area contributed by atoms with E-state index in [4.69, 9.17) is 5.11 Å². The second-order valence-corrected chi connectivity index (χ2v) is 5.18. The lowest BCUT2D eigenvalue weighted by Gasteiger charge is -2.24. The maximum Gasteiger partial charge on any atom is 0.352 e. The molecule has 0 bridgehead atoms. The Morgan fingerprint density at radius 1 is 1.25 bits per heavy atom. The lowest BCUT2D eigenvalue weighted by atomic mass is 9.99. The molecule has 0 spiro atoms. The fourth-order valence-corrected chi connectivity index (χ4v) is 2.49. The average Bonchev–Trinajstić information content (AvgIpc) is 2.35. The zero-order valence-corrected chi connectivity index (χ0v) is 11.9. The summed E-state index contributed by atoms with van der Waals surface area (Å²) in [6.07, 6.45) is 0.408. The van der Waals surface area contributed by atoms with Crippen LogP contribution in [0.5, 0.6) is 0 Å². The highest BCUT2D eigenvalue weighted by molar-refractivity contribution is 6.36. The van der Waals surface area contributed by atoms with Crippen molar-refractivity contribution in [3.8, 4) is 0 Å². The maximum absolute atomic E-state index is 11.9. The van der Waals surface area contributed by atoms with Gasteiger partial charge >= 0.3 is 5.97 Å². The maximum atomic E-state index is 11.9. The van der Waals surface area contributed by atoms with E-state index in [2.05, 4.69) is 17.2 Å². The van der Waals surface area contributed by atoms with Crippen molar-refractivity contribution in [2.45, 2.75) is 40.2 Å². The minimum absolute atomic E-state index is 0.0482. The van der Waals surface area contributed by atoms with E-state index in [1.165, 1.54) is 10.6 Å². The molecule has 0 saturated carbocycles. The molecule has 20 heavy (non-hydrogen) atoms. The van der Waals surface area contributed by atoms with Gasteiger partial charge in [0.15, 0.2) is 0 Å². The molecule has 1 heterocycles. The van der Waals surface area contributed by atoms with Crippen LogP contribution in [0.2, 0.25) is 0 Å². The van der Waals surface area contributed by atoms with Crippen LogP contribution in [0.1, 0.15) is 35.1 Å². The Balaban J connectivity index is 2.31. The summed E-state index contributed by atoms with van der Waals surface area (Å²) in [6.45, 7) is 6.33. The zero-order chi connectivity index (χ0) is 14.9. The van der Waals surface area contributed by atoms with Gasteiger partial charge in [0.1, 0.15) is 5.71 Å². The minimum Gasteiger partial charge on any atom is -0.477 e. The van der Waals surface area contributed by atoms with Crippen LogP contribution in [0, 0.1) is 20.8 Å². The lowest BCUT2D eigenvalue weighted by Crippen LogP contribution is -2.34. The van der Waals surface area contributed by atoms with Gasteiger partial charge in [-0.1, -0.05) is 17.7 Å². The van der Waals surface area contributed by atoms with Gasteiger partial charge < -0.3 is 5.11 Å². The van der Waals surface area contributed by atoms with E-state index in [1.54, 1.807) is 0 Å². The number of hydrogen-bond donors (Lipinski definition) is 1. The molecule has 0 radical (unpaired) electrons. The third kappa shape index (κ3) is 2.87. The molecule has 1 aromatic carbocycles. The summed E-state index contributed by atoms with van der Waals surface area (Å²) in [4.78, 5) is 22.9. The SMILES string of the molecule is Cc1cc(C)c(CN2N=C(C(=O)O)CCC2=O)c(C)c1. The van der Waals surface area contributed by atoms with Crippen LogP contribution in [-0.2, 0) is 16.1 Å². The number of carbonyl (C=O) groups is 2. The number of rotatable bonds is 3. The van der Waals surface area contributed by atoms with Crippen molar-refractivity contribution in [3.05, 3.63) is 34.4 Å². The summed E-state index contributed by atoms with van der Waals surface area (Å²) >= 11 is 0. The summed E-state index contributed by atoms with van der Waals surface area (Å²) in [5.41, 5.74) is 4.43. The number of aryl methyl sites for hydroxylation is 3. The van der Waals surface area contributed by atoms with E-state index in [-0.39, 0.29) is 24.5 Å². The molecule has 0 saturated heterocycles. The number of benzene rings is 1. The van der Waals surface area contributed by atoms with E-state index < -0.39 is 5.97 Å². The molecule has 1 aromatic rings. The predicted octanol–water partition coefficient (Wildman–Crippen LogP) is 2.17. The van der Waals surface area contributed by atoms with Crippen molar-refractivity contribution in [2.75, 3.05) is 0 Å². The van der Waals surface area contributed by atoms with E-state index in [0.717, 1.165) is 16.7 Å². The van der Waals surface area contributed by atoms with Gasteiger partial charge in [0.2, 0.25) is 5.91 Å². The monoisotopic (exact) mass is 274 g/mol. The lowest BCUT2D eigenvalue weighted by molar-refractivity contribution is -0.133. The van der Waals surface area contributed by atoms with Crippen molar-refractivity contribution in [1.29, 1.82) is 0 Å². The summed E-state index contributed by atoms with van der Waals surface area (Å²) < 4.78 is 0.